The molecule has 3 rings (SSSR count). The third kappa shape index (κ3) is 2.62. The smallest absolute Gasteiger partial charge is 0.230 e. The number of aryl methyl sites for hydroxylation is 3. The fourth-order valence-electron chi connectivity index (χ4n) is 2.54. The lowest BCUT2D eigenvalue weighted by Crippen LogP contribution is -2.15. The van der Waals surface area contributed by atoms with Crippen LogP contribution in [0.5, 0.6) is 0 Å². The molecule has 5 nitrogen and oxygen atoms in total. The van der Waals surface area contributed by atoms with Gasteiger partial charge in [0, 0.05) is 18.3 Å². The van der Waals surface area contributed by atoms with E-state index in [-0.39, 0.29) is 5.91 Å². The molecule has 0 aliphatic heterocycles. The van der Waals surface area contributed by atoms with Gasteiger partial charge >= 0.3 is 0 Å². The predicted molar refractivity (Wildman–Crippen MR) is 89.4 cm³/mol. The first kappa shape index (κ1) is 14.7. The highest BCUT2D eigenvalue weighted by Gasteiger charge is 2.15. The van der Waals surface area contributed by atoms with Crippen molar-refractivity contribution < 1.29 is 4.79 Å². The average Bonchev–Trinajstić information content (AvgIpc) is 2.96. The van der Waals surface area contributed by atoms with E-state index in [1.165, 1.54) is 11.3 Å². The first-order chi connectivity index (χ1) is 10.5. The Labute approximate surface area is 133 Å². The zero-order valence-electron chi connectivity index (χ0n) is 13.1. The number of carbonyl (C=O) groups excluding carboxylic acids is 1. The summed E-state index contributed by atoms with van der Waals surface area (Å²) in [7, 11) is 1.89. The Hall–Kier alpha value is -2.21. The number of aromatic nitrogens is 3. The molecule has 0 aliphatic carbocycles. The molecule has 0 radical (unpaired) electrons. The molecule has 1 amide bonds. The van der Waals surface area contributed by atoms with Gasteiger partial charge in [-0.05, 0) is 32.4 Å². The number of hydrogen-bond donors (Lipinski definition) is 1. The number of para-hydroxylation sites is 1. The van der Waals surface area contributed by atoms with Crippen LogP contribution in [-0.4, -0.2) is 20.7 Å². The summed E-state index contributed by atoms with van der Waals surface area (Å²) in [5, 5.41) is 7.89. The predicted octanol–water partition coefficient (Wildman–Crippen LogP) is 3.14. The second-order valence-electron chi connectivity index (χ2n) is 5.44. The van der Waals surface area contributed by atoms with Crippen LogP contribution < -0.4 is 5.32 Å². The molecule has 1 aromatic carbocycles. The van der Waals surface area contributed by atoms with Crippen molar-refractivity contribution in [3.8, 4) is 0 Å². The molecule has 0 saturated heterocycles. The van der Waals surface area contributed by atoms with E-state index in [2.05, 4.69) is 15.4 Å². The second-order valence-corrected chi connectivity index (χ2v) is 6.47. The van der Waals surface area contributed by atoms with Crippen molar-refractivity contribution in [1.82, 2.24) is 14.8 Å². The number of nitrogens with zero attached hydrogens (tertiary/aromatic N) is 3. The normalized spacial score (nSPS) is 11.1. The lowest BCUT2D eigenvalue weighted by Gasteiger charge is -2.02. The largest absolute Gasteiger partial charge is 0.302 e. The number of hydrogen-bond acceptors (Lipinski definition) is 4. The van der Waals surface area contributed by atoms with Crippen molar-refractivity contribution in [3.63, 3.8) is 0 Å². The second kappa shape index (κ2) is 5.53. The Morgan fingerprint density at radius 3 is 2.73 bits per heavy atom. The third-order valence-corrected chi connectivity index (χ3v) is 4.80. The number of fused-ring (bicyclic) bond motifs is 1. The van der Waals surface area contributed by atoms with Gasteiger partial charge in [0.15, 0.2) is 5.13 Å². The van der Waals surface area contributed by atoms with E-state index >= 15 is 0 Å². The maximum absolute atomic E-state index is 12.3. The van der Waals surface area contributed by atoms with Gasteiger partial charge in [-0.3, -0.25) is 9.48 Å². The topological polar surface area (TPSA) is 59.8 Å². The van der Waals surface area contributed by atoms with E-state index in [0.29, 0.717) is 11.6 Å². The van der Waals surface area contributed by atoms with Gasteiger partial charge < -0.3 is 5.32 Å². The van der Waals surface area contributed by atoms with Crippen LogP contribution in [-0.2, 0) is 18.3 Å². The standard InChI is InChI=1S/C16H18N4OS/c1-9-6-5-7-13-15(9)18-16(22-13)17-14(21)8-12-10(2)19-20(4)11(12)3/h5-7H,8H2,1-4H3,(H,17,18,21). The Bertz CT molecular complexity index is 863. The molecule has 2 aromatic heterocycles. The van der Waals surface area contributed by atoms with Gasteiger partial charge in [0.2, 0.25) is 5.91 Å². The van der Waals surface area contributed by atoms with Crippen LogP contribution in [0.15, 0.2) is 18.2 Å². The molecule has 2 heterocycles. The average molecular weight is 314 g/mol. The van der Waals surface area contributed by atoms with Crippen molar-refractivity contribution in [2.45, 2.75) is 27.2 Å². The minimum atomic E-state index is -0.0593. The molecule has 0 atom stereocenters. The Morgan fingerprint density at radius 2 is 2.09 bits per heavy atom. The zero-order valence-corrected chi connectivity index (χ0v) is 13.9. The molecule has 0 fully saturated rings. The molecule has 0 saturated carbocycles. The number of rotatable bonds is 3. The molecule has 0 spiro atoms. The monoisotopic (exact) mass is 314 g/mol. The summed E-state index contributed by atoms with van der Waals surface area (Å²) < 4.78 is 2.89. The SMILES string of the molecule is Cc1nn(C)c(C)c1CC(=O)Nc1nc2c(C)cccc2s1. The highest BCUT2D eigenvalue weighted by Crippen LogP contribution is 2.28. The third-order valence-electron chi connectivity index (χ3n) is 3.86. The highest BCUT2D eigenvalue weighted by atomic mass is 32.1. The van der Waals surface area contributed by atoms with Crippen LogP contribution in [0.3, 0.4) is 0 Å². The first-order valence-electron chi connectivity index (χ1n) is 7.11. The summed E-state index contributed by atoms with van der Waals surface area (Å²) in [4.78, 5) is 16.8. The fraction of sp³-hybridized carbons (Fsp3) is 0.312. The van der Waals surface area contributed by atoms with E-state index in [0.717, 1.165) is 32.7 Å². The van der Waals surface area contributed by atoms with Gasteiger partial charge in [0.05, 0.1) is 22.3 Å². The zero-order chi connectivity index (χ0) is 15.9. The Balaban J connectivity index is 1.80. The van der Waals surface area contributed by atoms with Crippen molar-refractivity contribution >= 4 is 32.6 Å². The maximum Gasteiger partial charge on any atom is 0.230 e. The summed E-state index contributed by atoms with van der Waals surface area (Å²) in [5.74, 6) is -0.0593. The number of thiazole rings is 1. The molecule has 22 heavy (non-hydrogen) atoms. The molecular weight excluding hydrogens is 296 g/mol. The van der Waals surface area contributed by atoms with Crippen molar-refractivity contribution in [1.29, 1.82) is 0 Å². The molecule has 114 valence electrons. The van der Waals surface area contributed by atoms with Crippen LogP contribution in [0.2, 0.25) is 0 Å². The van der Waals surface area contributed by atoms with Gasteiger partial charge in [-0.25, -0.2) is 4.98 Å². The summed E-state index contributed by atoms with van der Waals surface area (Å²) >= 11 is 1.50. The summed E-state index contributed by atoms with van der Waals surface area (Å²) in [6.45, 7) is 5.93. The number of anilines is 1. The number of amides is 1. The van der Waals surface area contributed by atoms with E-state index < -0.39 is 0 Å². The lowest BCUT2D eigenvalue weighted by molar-refractivity contribution is -0.115. The maximum atomic E-state index is 12.3. The van der Waals surface area contributed by atoms with Gasteiger partial charge in [-0.1, -0.05) is 23.5 Å². The summed E-state index contributed by atoms with van der Waals surface area (Å²) in [5.41, 5.74) is 4.98. The van der Waals surface area contributed by atoms with Crippen LogP contribution in [0.25, 0.3) is 10.2 Å². The number of benzene rings is 1. The minimum Gasteiger partial charge on any atom is -0.302 e. The number of nitrogens with one attached hydrogen (secondary N) is 1. The van der Waals surface area contributed by atoms with E-state index in [1.807, 2.05) is 46.0 Å². The van der Waals surface area contributed by atoms with E-state index in [1.54, 1.807) is 4.68 Å². The van der Waals surface area contributed by atoms with Gasteiger partial charge in [-0.2, -0.15) is 5.10 Å². The van der Waals surface area contributed by atoms with Crippen molar-refractivity contribution in [3.05, 3.63) is 40.7 Å². The summed E-state index contributed by atoms with van der Waals surface area (Å²) in [6.07, 6.45) is 0.320. The highest BCUT2D eigenvalue weighted by molar-refractivity contribution is 7.22. The first-order valence-corrected chi connectivity index (χ1v) is 7.92. The lowest BCUT2D eigenvalue weighted by atomic mass is 10.1. The van der Waals surface area contributed by atoms with E-state index in [9.17, 15) is 4.79 Å². The minimum absolute atomic E-state index is 0.0593. The molecule has 1 N–H and O–H groups in total. The van der Waals surface area contributed by atoms with Gasteiger partial charge in [-0.15, -0.1) is 0 Å². The van der Waals surface area contributed by atoms with Crippen LogP contribution >= 0.6 is 11.3 Å². The van der Waals surface area contributed by atoms with Crippen LogP contribution in [0, 0.1) is 20.8 Å². The van der Waals surface area contributed by atoms with Gasteiger partial charge in [0.1, 0.15) is 0 Å². The quantitative estimate of drug-likeness (QED) is 0.808. The Morgan fingerprint density at radius 1 is 1.32 bits per heavy atom. The van der Waals surface area contributed by atoms with E-state index in [4.69, 9.17) is 0 Å². The molecule has 6 heteroatoms. The molecule has 0 unspecified atom stereocenters. The Kier molecular flexibility index (Phi) is 3.70. The molecule has 0 aliphatic rings. The molecule has 3 aromatic rings. The van der Waals surface area contributed by atoms with Gasteiger partial charge in [0.25, 0.3) is 0 Å². The van der Waals surface area contributed by atoms with Crippen molar-refractivity contribution in [2.75, 3.05) is 5.32 Å². The molecule has 0 bridgehead atoms. The van der Waals surface area contributed by atoms with Crippen molar-refractivity contribution in [2.24, 2.45) is 7.05 Å². The van der Waals surface area contributed by atoms with Crippen LogP contribution in [0.4, 0.5) is 5.13 Å². The number of carbonyl (C=O) groups is 1. The molecular formula is C16H18N4OS. The summed E-state index contributed by atoms with van der Waals surface area (Å²) in [6, 6.07) is 6.05. The van der Waals surface area contributed by atoms with Crippen LogP contribution in [0.1, 0.15) is 22.5 Å². The fourth-order valence-corrected chi connectivity index (χ4v) is 3.50.